The highest BCUT2D eigenvalue weighted by atomic mass is 16.5. The van der Waals surface area contributed by atoms with Gasteiger partial charge in [-0.25, -0.2) is 4.79 Å². The second-order valence-electron chi connectivity index (χ2n) is 6.76. The van der Waals surface area contributed by atoms with Crippen LogP contribution in [-0.4, -0.2) is 35.1 Å². The van der Waals surface area contributed by atoms with Crippen LogP contribution in [0.2, 0.25) is 0 Å². The minimum absolute atomic E-state index is 0.0438. The predicted octanol–water partition coefficient (Wildman–Crippen LogP) is 3.25. The number of nitrogens with one attached hydrogen (secondary N) is 1. The van der Waals surface area contributed by atoms with Gasteiger partial charge in [-0.3, -0.25) is 4.98 Å². The number of amides is 2. The van der Waals surface area contributed by atoms with Crippen LogP contribution in [0, 0.1) is 5.92 Å². The first-order valence-electron chi connectivity index (χ1n) is 8.77. The number of ether oxygens (including phenoxy) is 1. The van der Waals surface area contributed by atoms with E-state index >= 15 is 0 Å². The lowest BCUT2D eigenvalue weighted by Crippen LogP contribution is -2.46. The van der Waals surface area contributed by atoms with E-state index < -0.39 is 0 Å². The van der Waals surface area contributed by atoms with Gasteiger partial charge in [-0.1, -0.05) is 24.3 Å². The highest BCUT2D eigenvalue weighted by Crippen LogP contribution is 2.26. The number of hydrogen-bond acceptors (Lipinski definition) is 3. The number of fused-ring (bicyclic) bond motifs is 1. The van der Waals surface area contributed by atoms with Crippen LogP contribution in [0.5, 0.6) is 5.75 Å². The van der Waals surface area contributed by atoms with Gasteiger partial charge in [0, 0.05) is 37.4 Å². The molecule has 0 saturated carbocycles. The second-order valence-corrected chi connectivity index (χ2v) is 6.76. The lowest BCUT2D eigenvalue weighted by Gasteiger charge is -2.29. The van der Waals surface area contributed by atoms with Gasteiger partial charge in [0.2, 0.25) is 0 Å². The molecule has 0 unspecified atom stereocenters. The Morgan fingerprint density at radius 2 is 2.16 bits per heavy atom. The van der Waals surface area contributed by atoms with Crippen LogP contribution in [0.25, 0.3) is 0 Å². The van der Waals surface area contributed by atoms with Crippen molar-refractivity contribution in [2.24, 2.45) is 5.92 Å². The predicted molar refractivity (Wildman–Crippen MR) is 97.4 cm³/mol. The zero-order valence-corrected chi connectivity index (χ0v) is 14.8. The molecule has 5 nitrogen and oxygen atoms in total. The van der Waals surface area contributed by atoms with E-state index in [-0.39, 0.29) is 12.1 Å². The summed E-state index contributed by atoms with van der Waals surface area (Å²) < 4.78 is 5.80. The molecular weight excluding hydrogens is 314 g/mol. The Bertz CT molecular complexity index is 703. The van der Waals surface area contributed by atoms with Crippen molar-refractivity contribution in [1.82, 2.24) is 15.2 Å². The van der Waals surface area contributed by atoms with Crippen molar-refractivity contribution in [3.63, 3.8) is 0 Å². The maximum Gasteiger partial charge on any atom is 0.317 e. The van der Waals surface area contributed by atoms with E-state index in [1.807, 2.05) is 49.1 Å². The minimum atomic E-state index is -0.0438. The van der Waals surface area contributed by atoms with E-state index in [4.69, 9.17) is 4.74 Å². The van der Waals surface area contributed by atoms with Crippen molar-refractivity contribution in [1.29, 1.82) is 0 Å². The summed E-state index contributed by atoms with van der Waals surface area (Å²) >= 11 is 0. The molecule has 3 rings (SSSR count). The fourth-order valence-electron chi connectivity index (χ4n) is 3.03. The van der Waals surface area contributed by atoms with Gasteiger partial charge in [-0.05, 0) is 43.5 Å². The molecule has 5 heteroatoms. The standard InChI is InChI=1S/C20H25N3O2/c1-15(2)23(13-16-6-5-9-21-11-16)20(24)22-12-17-10-18-7-3-4-8-19(18)25-14-17/h3-9,11,15,17H,10,12-14H2,1-2H3,(H,22,24)/t17-/m0/s1. The van der Waals surface area contributed by atoms with Crippen molar-refractivity contribution < 1.29 is 9.53 Å². The quantitative estimate of drug-likeness (QED) is 0.910. The molecule has 2 aromatic rings. The van der Waals surface area contributed by atoms with E-state index in [2.05, 4.69) is 16.4 Å². The highest BCUT2D eigenvalue weighted by molar-refractivity contribution is 5.74. The third kappa shape index (κ3) is 4.50. The van der Waals surface area contributed by atoms with Gasteiger partial charge in [-0.15, -0.1) is 0 Å². The SMILES string of the molecule is CC(C)N(Cc1cccnc1)C(=O)NC[C@H]1COc2ccccc2C1. The van der Waals surface area contributed by atoms with Crippen LogP contribution in [0.3, 0.4) is 0 Å². The largest absolute Gasteiger partial charge is 0.493 e. The summed E-state index contributed by atoms with van der Waals surface area (Å²) in [5.41, 5.74) is 2.24. The van der Waals surface area contributed by atoms with E-state index in [0.717, 1.165) is 17.7 Å². The minimum Gasteiger partial charge on any atom is -0.493 e. The fourth-order valence-corrected chi connectivity index (χ4v) is 3.03. The van der Waals surface area contributed by atoms with Gasteiger partial charge in [0.1, 0.15) is 5.75 Å². The maximum absolute atomic E-state index is 12.6. The Morgan fingerprint density at radius 1 is 1.32 bits per heavy atom. The molecule has 0 saturated heterocycles. The fraction of sp³-hybridized carbons (Fsp3) is 0.400. The summed E-state index contributed by atoms with van der Waals surface area (Å²) in [6.07, 6.45) is 4.47. The van der Waals surface area contributed by atoms with E-state index in [1.165, 1.54) is 5.56 Å². The van der Waals surface area contributed by atoms with Crippen molar-refractivity contribution in [2.75, 3.05) is 13.2 Å². The molecule has 0 spiro atoms. The van der Waals surface area contributed by atoms with Gasteiger partial charge in [-0.2, -0.15) is 0 Å². The van der Waals surface area contributed by atoms with E-state index in [0.29, 0.717) is 25.6 Å². The van der Waals surface area contributed by atoms with Gasteiger partial charge in [0.05, 0.1) is 6.61 Å². The normalized spacial score (nSPS) is 16.0. The van der Waals surface area contributed by atoms with Crippen LogP contribution in [0.1, 0.15) is 25.0 Å². The highest BCUT2D eigenvalue weighted by Gasteiger charge is 2.22. The van der Waals surface area contributed by atoms with Crippen LogP contribution in [-0.2, 0) is 13.0 Å². The van der Waals surface area contributed by atoms with Gasteiger partial charge < -0.3 is 15.0 Å². The summed E-state index contributed by atoms with van der Waals surface area (Å²) in [7, 11) is 0. The zero-order valence-electron chi connectivity index (χ0n) is 14.8. The monoisotopic (exact) mass is 339 g/mol. The number of hydrogen-bond donors (Lipinski definition) is 1. The molecule has 1 aromatic heterocycles. The van der Waals surface area contributed by atoms with Crippen molar-refractivity contribution in [2.45, 2.75) is 32.9 Å². The first-order chi connectivity index (χ1) is 12.1. The molecule has 1 aliphatic rings. The van der Waals surface area contributed by atoms with Crippen LogP contribution in [0.4, 0.5) is 4.79 Å². The number of carbonyl (C=O) groups is 1. The smallest absolute Gasteiger partial charge is 0.317 e. The molecule has 132 valence electrons. The number of benzene rings is 1. The van der Waals surface area contributed by atoms with Crippen molar-refractivity contribution in [3.8, 4) is 5.75 Å². The van der Waals surface area contributed by atoms with Gasteiger partial charge in [0.15, 0.2) is 0 Å². The van der Waals surface area contributed by atoms with Crippen LogP contribution < -0.4 is 10.1 Å². The lowest BCUT2D eigenvalue weighted by atomic mass is 9.97. The number of pyridine rings is 1. The maximum atomic E-state index is 12.6. The van der Waals surface area contributed by atoms with Crippen LogP contribution in [0.15, 0.2) is 48.8 Å². The average Bonchev–Trinajstić information content (AvgIpc) is 2.64. The third-order valence-corrected chi connectivity index (χ3v) is 4.46. The van der Waals surface area contributed by atoms with Crippen molar-refractivity contribution >= 4 is 6.03 Å². The van der Waals surface area contributed by atoms with Crippen LogP contribution >= 0.6 is 0 Å². The molecule has 0 bridgehead atoms. The first kappa shape index (κ1) is 17.3. The van der Waals surface area contributed by atoms with Gasteiger partial charge in [0.25, 0.3) is 0 Å². The second kappa shape index (κ2) is 8.01. The first-order valence-corrected chi connectivity index (χ1v) is 8.77. The number of nitrogens with zero attached hydrogens (tertiary/aromatic N) is 2. The molecule has 2 heterocycles. The van der Waals surface area contributed by atoms with E-state index in [9.17, 15) is 4.79 Å². The third-order valence-electron chi connectivity index (χ3n) is 4.46. The van der Waals surface area contributed by atoms with Crippen molar-refractivity contribution in [3.05, 3.63) is 59.9 Å². The number of urea groups is 1. The summed E-state index contributed by atoms with van der Waals surface area (Å²) in [6, 6.07) is 12.0. The number of para-hydroxylation sites is 1. The van der Waals surface area contributed by atoms with Gasteiger partial charge >= 0.3 is 6.03 Å². The summed E-state index contributed by atoms with van der Waals surface area (Å²) in [6.45, 7) is 5.86. The Hall–Kier alpha value is -2.56. The number of carbonyl (C=O) groups excluding carboxylic acids is 1. The summed E-state index contributed by atoms with van der Waals surface area (Å²) in [5.74, 6) is 1.26. The number of aromatic nitrogens is 1. The molecule has 1 aliphatic heterocycles. The molecule has 1 aromatic carbocycles. The Labute approximate surface area is 149 Å². The zero-order chi connectivity index (χ0) is 17.6. The molecule has 0 fully saturated rings. The number of rotatable bonds is 5. The topological polar surface area (TPSA) is 54.5 Å². The summed E-state index contributed by atoms with van der Waals surface area (Å²) in [5, 5.41) is 3.07. The Balaban J connectivity index is 1.55. The molecule has 25 heavy (non-hydrogen) atoms. The molecule has 1 atom stereocenters. The van der Waals surface area contributed by atoms with E-state index in [1.54, 1.807) is 12.4 Å². The summed E-state index contributed by atoms with van der Waals surface area (Å²) in [4.78, 5) is 18.6. The lowest BCUT2D eigenvalue weighted by molar-refractivity contribution is 0.171. The Morgan fingerprint density at radius 3 is 2.92 bits per heavy atom. The molecular formula is C20H25N3O2. The molecule has 0 radical (unpaired) electrons. The molecule has 0 aliphatic carbocycles. The molecule has 1 N–H and O–H groups in total. The Kier molecular flexibility index (Phi) is 5.53. The molecule has 2 amide bonds. The average molecular weight is 339 g/mol.